The van der Waals surface area contributed by atoms with E-state index in [2.05, 4.69) is 0 Å². The molecule has 1 aliphatic rings. The molecule has 0 aromatic heterocycles. The van der Waals surface area contributed by atoms with Crippen LogP contribution in [0.25, 0.3) is 0 Å². The van der Waals surface area contributed by atoms with Crippen molar-refractivity contribution in [3.63, 3.8) is 0 Å². The molecule has 0 saturated carbocycles. The van der Waals surface area contributed by atoms with Crippen molar-refractivity contribution in [3.8, 4) is 5.75 Å². The Labute approximate surface area is 124 Å². The van der Waals surface area contributed by atoms with Crippen LogP contribution >= 0.6 is 0 Å². The number of amides is 2. The van der Waals surface area contributed by atoms with Crippen LogP contribution in [0.3, 0.4) is 0 Å². The summed E-state index contributed by atoms with van der Waals surface area (Å²) in [6.07, 6.45) is 0.399. The first kappa shape index (κ1) is 15.2. The normalized spacial score (nSPS) is 15.3. The number of para-hydroxylation sites is 1. The second-order valence-corrected chi connectivity index (χ2v) is 4.79. The third kappa shape index (κ3) is 4.37. The molecule has 0 bridgehead atoms. The van der Waals surface area contributed by atoms with Gasteiger partial charge in [0.2, 0.25) is 0 Å². The van der Waals surface area contributed by atoms with Gasteiger partial charge in [-0.1, -0.05) is 18.2 Å². The molecule has 6 heteroatoms. The van der Waals surface area contributed by atoms with Crippen LogP contribution in [0.15, 0.2) is 30.3 Å². The molecule has 0 radical (unpaired) electrons. The molecule has 0 spiro atoms. The van der Waals surface area contributed by atoms with E-state index in [0.717, 1.165) is 6.42 Å². The summed E-state index contributed by atoms with van der Waals surface area (Å²) in [4.78, 5) is 27.0. The van der Waals surface area contributed by atoms with Gasteiger partial charge in [0.05, 0.1) is 7.11 Å². The molecule has 2 rings (SSSR count). The average molecular weight is 292 g/mol. The first-order valence-corrected chi connectivity index (χ1v) is 6.99. The summed E-state index contributed by atoms with van der Waals surface area (Å²) in [5, 5.41) is 0. The monoisotopic (exact) mass is 292 g/mol. The number of ether oxygens (including phenoxy) is 2. The SMILES string of the molecule is COC(=O)N1CCCN(C(=O)COc2ccccc2)CC1. The number of hydrogen-bond donors (Lipinski definition) is 0. The first-order chi connectivity index (χ1) is 10.2. The number of benzene rings is 1. The van der Waals surface area contributed by atoms with Crippen molar-refractivity contribution in [1.29, 1.82) is 0 Å². The van der Waals surface area contributed by atoms with E-state index in [1.165, 1.54) is 7.11 Å². The summed E-state index contributed by atoms with van der Waals surface area (Å²) in [5.41, 5.74) is 0. The van der Waals surface area contributed by atoms with Crippen molar-refractivity contribution < 1.29 is 19.1 Å². The highest BCUT2D eigenvalue weighted by Gasteiger charge is 2.22. The molecule has 114 valence electrons. The van der Waals surface area contributed by atoms with E-state index in [1.807, 2.05) is 30.3 Å². The quantitative estimate of drug-likeness (QED) is 0.844. The number of hydrogen-bond acceptors (Lipinski definition) is 4. The molecule has 1 aliphatic heterocycles. The van der Waals surface area contributed by atoms with Gasteiger partial charge in [0.15, 0.2) is 6.61 Å². The largest absolute Gasteiger partial charge is 0.484 e. The number of carbonyl (C=O) groups is 2. The van der Waals surface area contributed by atoms with E-state index in [-0.39, 0.29) is 18.6 Å². The lowest BCUT2D eigenvalue weighted by Crippen LogP contribution is -2.39. The highest BCUT2D eigenvalue weighted by molar-refractivity contribution is 5.78. The number of rotatable bonds is 3. The third-order valence-corrected chi connectivity index (χ3v) is 3.39. The average Bonchev–Trinajstić information content (AvgIpc) is 2.79. The molecule has 6 nitrogen and oxygen atoms in total. The Morgan fingerprint density at radius 2 is 1.71 bits per heavy atom. The second-order valence-electron chi connectivity index (χ2n) is 4.79. The van der Waals surface area contributed by atoms with Gasteiger partial charge >= 0.3 is 6.09 Å². The predicted molar refractivity (Wildman–Crippen MR) is 77.1 cm³/mol. The van der Waals surface area contributed by atoms with Crippen molar-refractivity contribution in [2.75, 3.05) is 39.9 Å². The summed E-state index contributed by atoms with van der Waals surface area (Å²) >= 11 is 0. The lowest BCUT2D eigenvalue weighted by molar-refractivity contribution is -0.133. The molecule has 0 aliphatic carbocycles. The van der Waals surface area contributed by atoms with Gasteiger partial charge in [-0.15, -0.1) is 0 Å². The van der Waals surface area contributed by atoms with Crippen LogP contribution in [-0.2, 0) is 9.53 Å². The van der Waals surface area contributed by atoms with Crippen LogP contribution < -0.4 is 4.74 Å². The van der Waals surface area contributed by atoms with Crippen molar-refractivity contribution >= 4 is 12.0 Å². The molecule has 1 saturated heterocycles. The van der Waals surface area contributed by atoms with Gasteiger partial charge in [-0.2, -0.15) is 0 Å². The molecule has 0 N–H and O–H groups in total. The zero-order chi connectivity index (χ0) is 15.1. The van der Waals surface area contributed by atoms with E-state index < -0.39 is 0 Å². The smallest absolute Gasteiger partial charge is 0.409 e. The maximum atomic E-state index is 12.1. The minimum absolute atomic E-state index is 0.0161. The molecule has 1 fully saturated rings. The Kier molecular flexibility index (Phi) is 5.43. The lowest BCUT2D eigenvalue weighted by Gasteiger charge is -2.21. The van der Waals surface area contributed by atoms with Crippen LogP contribution in [0.1, 0.15) is 6.42 Å². The van der Waals surface area contributed by atoms with Gasteiger partial charge in [0, 0.05) is 26.2 Å². The standard InChI is InChI=1S/C15H20N2O4/c1-20-15(19)17-9-5-8-16(10-11-17)14(18)12-21-13-6-3-2-4-7-13/h2-4,6-7H,5,8-12H2,1H3. The lowest BCUT2D eigenvalue weighted by atomic mass is 10.3. The highest BCUT2D eigenvalue weighted by atomic mass is 16.5. The van der Waals surface area contributed by atoms with E-state index in [4.69, 9.17) is 9.47 Å². The summed E-state index contributed by atoms with van der Waals surface area (Å²) in [5.74, 6) is 0.613. The van der Waals surface area contributed by atoms with E-state index >= 15 is 0 Å². The second kappa shape index (κ2) is 7.52. The molecular formula is C15H20N2O4. The number of nitrogens with zero attached hydrogens (tertiary/aromatic N) is 2. The summed E-state index contributed by atoms with van der Waals surface area (Å²) in [6, 6.07) is 9.24. The molecule has 2 amide bonds. The van der Waals surface area contributed by atoms with E-state index in [0.29, 0.717) is 31.9 Å². The van der Waals surface area contributed by atoms with Crippen molar-refractivity contribution in [2.45, 2.75) is 6.42 Å². The number of carbonyl (C=O) groups excluding carboxylic acids is 2. The summed E-state index contributed by atoms with van der Waals surface area (Å²) in [7, 11) is 1.36. The fraction of sp³-hybridized carbons (Fsp3) is 0.467. The fourth-order valence-electron chi connectivity index (χ4n) is 2.23. The highest BCUT2D eigenvalue weighted by Crippen LogP contribution is 2.09. The molecule has 1 aromatic rings. The van der Waals surface area contributed by atoms with Crippen molar-refractivity contribution in [3.05, 3.63) is 30.3 Å². The Hall–Kier alpha value is -2.24. The van der Waals surface area contributed by atoms with Crippen molar-refractivity contribution in [1.82, 2.24) is 9.80 Å². The van der Waals surface area contributed by atoms with E-state index in [1.54, 1.807) is 9.80 Å². The number of methoxy groups -OCH3 is 1. The Bertz CT molecular complexity index is 478. The minimum Gasteiger partial charge on any atom is -0.484 e. The van der Waals surface area contributed by atoms with Crippen LogP contribution in [0.4, 0.5) is 4.79 Å². The van der Waals surface area contributed by atoms with Crippen LogP contribution in [-0.4, -0.2) is 61.7 Å². The van der Waals surface area contributed by atoms with Crippen LogP contribution in [0, 0.1) is 0 Å². The van der Waals surface area contributed by atoms with Gasteiger partial charge in [-0.25, -0.2) is 4.79 Å². The van der Waals surface area contributed by atoms with Crippen LogP contribution in [0.5, 0.6) is 5.75 Å². The maximum Gasteiger partial charge on any atom is 0.409 e. The topological polar surface area (TPSA) is 59.1 Å². The minimum atomic E-state index is -0.343. The fourth-order valence-corrected chi connectivity index (χ4v) is 2.23. The maximum absolute atomic E-state index is 12.1. The molecule has 0 atom stereocenters. The van der Waals surface area contributed by atoms with Crippen LogP contribution in [0.2, 0.25) is 0 Å². The first-order valence-electron chi connectivity index (χ1n) is 6.99. The van der Waals surface area contributed by atoms with E-state index in [9.17, 15) is 9.59 Å². The molecule has 0 unspecified atom stereocenters. The van der Waals surface area contributed by atoms with Gasteiger partial charge in [-0.3, -0.25) is 4.79 Å². The molecular weight excluding hydrogens is 272 g/mol. The Morgan fingerprint density at radius 1 is 1.05 bits per heavy atom. The summed E-state index contributed by atoms with van der Waals surface area (Å²) in [6.45, 7) is 2.25. The Balaban J connectivity index is 1.81. The van der Waals surface area contributed by atoms with Gasteiger partial charge in [0.1, 0.15) is 5.75 Å². The third-order valence-electron chi connectivity index (χ3n) is 3.39. The zero-order valence-corrected chi connectivity index (χ0v) is 12.2. The predicted octanol–water partition coefficient (Wildman–Crippen LogP) is 1.37. The summed E-state index contributed by atoms with van der Waals surface area (Å²) < 4.78 is 10.2. The Morgan fingerprint density at radius 3 is 2.43 bits per heavy atom. The molecule has 1 aromatic carbocycles. The van der Waals surface area contributed by atoms with Gasteiger partial charge in [0.25, 0.3) is 5.91 Å². The zero-order valence-electron chi connectivity index (χ0n) is 12.2. The van der Waals surface area contributed by atoms with Crippen molar-refractivity contribution in [2.24, 2.45) is 0 Å². The molecule has 1 heterocycles. The van der Waals surface area contributed by atoms with Gasteiger partial charge in [-0.05, 0) is 18.6 Å². The van der Waals surface area contributed by atoms with Gasteiger partial charge < -0.3 is 19.3 Å². The molecule has 21 heavy (non-hydrogen) atoms.